The predicted molar refractivity (Wildman–Crippen MR) is 42.5 cm³/mol. The Bertz CT molecular complexity index is 155. The van der Waals surface area contributed by atoms with Gasteiger partial charge in [-0.25, -0.2) is 4.79 Å². The lowest BCUT2D eigenvalue weighted by atomic mass is 10.4. The number of amides is 1. The minimum Gasteiger partial charge on any atom is -0.431 e. The molecule has 0 bridgehead atoms. The van der Waals surface area contributed by atoms with Gasteiger partial charge in [-0.05, 0) is 6.92 Å². The summed E-state index contributed by atoms with van der Waals surface area (Å²) < 4.78 is 9.87. The Labute approximate surface area is 71.4 Å². The average Bonchev–Trinajstić information content (AvgIpc) is 2.05. The number of carbonyl (C=O) groups is 1. The van der Waals surface area contributed by atoms with Gasteiger partial charge in [0.05, 0.1) is 13.2 Å². The van der Waals surface area contributed by atoms with Crippen LogP contribution in [0.4, 0.5) is 4.79 Å². The highest BCUT2D eigenvalue weighted by atomic mass is 16.6. The quantitative estimate of drug-likeness (QED) is 0.557. The van der Waals surface area contributed by atoms with E-state index in [9.17, 15) is 4.79 Å². The van der Waals surface area contributed by atoms with Crippen LogP contribution in [0.5, 0.6) is 0 Å². The highest BCUT2D eigenvalue weighted by Gasteiger charge is 2.18. The van der Waals surface area contributed by atoms with Crippen LogP contribution in [0, 0.1) is 0 Å². The zero-order valence-corrected chi connectivity index (χ0v) is 7.16. The average molecular weight is 174 g/mol. The number of hydrogen-bond donors (Lipinski definition) is 1. The molecule has 1 fully saturated rings. The highest BCUT2D eigenvalue weighted by Crippen LogP contribution is 2.00. The van der Waals surface area contributed by atoms with Crippen molar-refractivity contribution in [3.63, 3.8) is 0 Å². The second-order valence-corrected chi connectivity index (χ2v) is 2.69. The van der Waals surface area contributed by atoms with Crippen molar-refractivity contribution in [2.24, 2.45) is 5.73 Å². The Morgan fingerprint density at radius 2 is 2.17 bits per heavy atom. The second kappa shape index (κ2) is 4.27. The van der Waals surface area contributed by atoms with Crippen LogP contribution in [0.3, 0.4) is 0 Å². The minimum atomic E-state index is -0.541. The monoisotopic (exact) mass is 174 g/mol. The Hall–Kier alpha value is -0.810. The lowest BCUT2D eigenvalue weighted by Crippen LogP contribution is -2.43. The van der Waals surface area contributed by atoms with Crippen LogP contribution in [0.15, 0.2) is 0 Å². The lowest BCUT2D eigenvalue weighted by molar-refractivity contribution is 0.0165. The van der Waals surface area contributed by atoms with Crippen molar-refractivity contribution in [3.05, 3.63) is 0 Å². The fourth-order valence-electron chi connectivity index (χ4n) is 0.979. The van der Waals surface area contributed by atoms with Gasteiger partial charge < -0.3 is 14.4 Å². The maximum atomic E-state index is 11.2. The van der Waals surface area contributed by atoms with Crippen LogP contribution < -0.4 is 5.73 Å². The zero-order chi connectivity index (χ0) is 8.97. The van der Waals surface area contributed by atoms with Crippen molar-refractivity contribution in [2.75, 3.05) is 26.3 Å². The number of carbonyl (C=O) groups excluding carboxylic acids is 1. The zero-order valence-electron chi connectivity index (χ0n) is 7.16. The molecule has 1 rings (SSSR count). The van der Waals surface area contributed by atoms with E-state index in [0.717, 1.165) is 0 Å². The Kier molecular flexibility index (Phi) is 3.31. The van der Waals surface area contributed by atoms with Gasteiger partial charge in [-0.3, -0.25) is 5.73 Å². The van der Waals surface area contributed by atoms with E-state index in [0.29, 0.717) is 26.3 Å². The van der Waals surface area contributed by atoms with E-state index < -0.39 is 6.23 Å². The van der Waals surface area contributed by atoms with E-state index in [-0.39, 0.29) is 6.09 Å². The van der Waals surface area contributed by atoms with Crippen LogP contribution >= 0.6 is 0 Å². The van der Waals surface area contributed by atoms with Crippen molar-refractivity contribution < 1.29 is 14.3 Å². The van der Waals surface area contributed by atoms with Crippen molar-refractivity contribution in [1.29, 1.82) is 0 Å². The summed E-state index contributed by atoms with van der Waals surface area (Å²) in [6.45, 7) is 3.96. The summed E-state index contributed by atoms with van der Waals surface area (Å²) in [6, 6.07) is 0. The topological polar surface area (TPSA) is 64.8 Å². The molecular weight excluding hydrogens is 160 g/mol. The SMILES string of the molecule is C[C@H](N)OC(=O)N1CCOCC1. The molecule has 1 saturated heterocycles. The molecule has 0 radical (unpaired) electrons. The van der Waals surface area contributed by atoms with Crippen LogP contribution in [0.2, 0.25) is 0 Å². The smallest absolute Gasteiger partial charge is 0.411 e. The second-order valence-electron chi connectivity index (χ2n) is 2.69. The normalized spacial score (nSPS) is 20.3. The van der Waals surface area contributed by atoms with E-state index >= 15 is 0 Å². The molecular formula is C7H14N2O3. The molecule has 0 aliphatic carbocycles. The largest absolute Gasteiger partial charge is 0.431 e. The molecule has 1 aliphatic rings. The molecule has 12 heavy (non-hydrogen) atoms. The van der Waals surface area contributed by atoms with Gasteiger partial charge in [0, 0.05) is 13.1 Å². The van der Waals surface area contributed by atoms with Crippen LogP contribution in [0.25, 0.3) is 0 Å². The van der Waals surface area contributed by atoms with Crippen LogP contribution in [0.1, 0.15) is 6.92 Å². The molecule has 1 aliphatic heterocycles. The Morgan fingerprint density at radius 1 is 1.58 bits per heavy atom. The molecule has 0 spiro atoms. The molecule has 1 amide bonds. The molecule has 0 unspecified atom stereocenters. The maximum absolute atomic E-state index is 11.2. The van der Waals surface area contributed by atoms with Crippen molar-refractivity contribution >= 4 is 6.09 Å². The first kappa shape index (κ1) is 9.28. The molecule has 70 valence electrons. The van der Waals surface area contributed by atoms with Gasteiger partial charge in [-0.1, -0.05) is 0 Å². The first-order valence-electron chi connectivity index (χ1n) is 3.99. The van der Waals surface area contributed by atoms with E-state index in [2.05, 4.69) is 0 Å². The number of ether oxygens (including phenoxy) is 2. The number of morpholine rings is 1. The third-order valence-corrected chi connectivity index (χ3v) is 1.56. The predicted octanol–water partition coefficient (Wildman–Crippen LogP) is -0.240. The number of nitrogens with two attached hydrogens (primary N) is 1. The molecule has 0 aromatic carbocycles. The third kappa shape index (κ3) is 2.67. The molecule has 0 aromatic rings. The summed E-state index contributed by atoms with van der Waals surface area (Å²) >= 11 is 0. The molecule has 5 nitrogen and oxygen atoms in total. The summed E-state index contributed by atoms with van der Waals surface area (Å²) in [6.07, 6.45) is -0.895. The van der Waals surface area contributed by atoms with Gasteiger partial charge >= 0.3 is 6.09 Å². The van der Waals surface area contributed by atoms with E-state index in [1.165, 1.54) is 0 Å². The van der Waals surface area contributed by atoms with E-state index in [1.807, 2.05) is 0 Å². The Morgan fingerprint density at radius 3 is 2.67 bits per heavy atom. The van der Waals surface area contributed by atoms with Crippen molar-refractivity contribution in [1.82, 2.24) is 4.90 Å². The highest BCUT2D eigenvalue weighted by molar-refractivity contribution is 5.67. The summed E-state index contributed by atoms with van der Waals surface area (Å²) in [5.41, 5.74) is 5.30. The van der Waals surface area contributed by atoms with Gasteiger partial charge in [0.25, 0.3) is 0 Å². The summed E-state index contributed by atoms with van der Waals surface area (Å²) in [5, 5.41) is 0. The molecule has 0 aromatic heterocycles. The van der Waals surface area contributed by atoms with Gasteiger partial charge in [-0.2, -0.15) is 0 Å². The fourth-order valence-corrected chi connectivity index (χ4v) is 0.979. The molecule has 0 saturated carbocycles. The first-order chi connectivity index (χ1) is 5.70. The fraction of sp³-hybridized carbons (Fsp3) is 0.857. The lowest BCUT2D eigenvalue weighted by Gasteiger charge is -2.26. The molecule has 5 heteroatoms. The maximum Gasteiger partial charge on any atom is 0.411 e. The minimum absolute atomic E-state index is 0.353. The molecule has 2 N–H and O–H groups in total. The third-order valence-electron chi connectivity index (χ3n) is 1.56. The number of hydrogen-bond acceptors (Lipinski definition) is 4. The van der Waals surface area contributed by atoms with Gasteiger partial charge in [0.2, 0.25) is 0 Å². The number of rotatable bonds is 1. The van der Waals surface area contributed by atoms with Crippen molar-refractivity contribution in [3.8, 4) is 0 Å². The Balaban J connectivity index is 2.30. The standard InChI is InChI=1S/C7H14N2O3/c1-6(8)12-7(10)9-2-4-11-5-3-9/h6H,2-5,8H2,1H3/t6-/m1/s1. The van der Waals surface area contributed by atoms with Crippen molar-refractivity contribution in [2.45, 2.75) is 13.2 Å². The van der Waals surface area contributed by atoms with E-state index in [1.54, 1.807) is 11.8 Å². The summed E-state index contributed by atoms with van der Waals surface area (Å²) in [5.74, 6) is 0. The van der Waals surface area contributed by atoms with Crippen LogP contribution in [-0.4, -0.2) is 43.5 Å². The van der Waals surface area contributed by atoms with E-state index in [4.69, 9.17) is 15.2 Å². The van der Waals surface area contributed by atoms with Gasteiger partial charge in [0.15, 0.2) is 0 Å². The number of nitrogens with zero attached hydrogens (tertiary/aromatic N) is 1. The van der Waals surface area contributed by atoms with Gasteiger partial charge in [0.1, 0.15) is 6.23 Å². The molecule has 1 atom stereocenters. The summed E-state index contributed by atoms with van der Waals surface area (Å²) in [4.78, 5) is 12.8. The first-order valence-corrected chi connectivity index (χ1v) is 3.99. The summed E-state index contributed by atoms with van der Waals surface area (Å²) in [7, 11) is 0. The molecule has 1 heterocycles. The van der Waals surface area contributed by atoms with Crippen LogP contribution in [-0.2, 0) is 9.47 Å². The van der Waals surface area contributed by atoms with Gasteiger partial charge in [-0.15, -0.1) is 0 Å².